The monoisotopic (exact) mass is 361 g/mol. The van der Waals surface area contributed by atoms with Crippen LogP contribution >= 0.6 is 0 Å². The Hall–Kier alpha value is -2.45. The van der Waals surface area contributed by atoms with Crippen LogP contribution in [-0.2, 0) is 9.59 Å². The second-order valence-corrected chi connectivity index (χ2v) is 6.61. The van der Waals surface area contributed by atoms with Crippen molar-refractivity contribution < 1.29 is 14.4 Å². The molecule has 0 aliphatic carbocycles. The Balaban J connectivity index is 1.74. The van der Waals surface area contributed by atoms with Gasteiger partial charge in [-0.1, -0.05) is 12.1 Å². The lowest BCUT2D eigenvalue weighted by Crippen LogP contribution is -2.49. The maximum absolute atomic E-state index is 12.2. The zero-order chi connectivity index (χ0) is 19.1. The molecule has 1 aliphatic rings. The number of carbonyl (C=O) groups excluding carboxylic acids is 3. The first kappa shape index (κ1) is 19.9. The van der Waals surface area contributed by atoms with Crippen LogP contribution in [0.15, 0.2) is 24.3 Å². The first-order chi connectivity index (χ1) is 12.4. The van der Waals surface area contributed by atoms with Crippen molar-refractivity contribution in [3.63, 3.8) is 0 Å². The van der Waals surface area contributed by atoms with Crippen molar-refractivity contribution in [1.82, 2.24) is 14.7 Å². The van der Waals surface area contributed by atoms with E-state index in [-0.39, 0.29) is 11.8 Å². The van der Waals surface area contributed by atoms with Gasteiger partial charge in [0.1, 0.15) is 0 Å². The molecule has 3 amide bonds. The van der Waals surface area contributed by atoms with E-state index in [4.69, 9.17) is 5.73 Å². The molecule has 0 radical (unpaired) electrons. The summed E-state index contributed by atoms with van der Waals surface area (Å²) in [6.07, 6.45) is 0.337. The number of nitrogens with two attached hydrogens (primary N) is 1. The number of carbonyl (C=O) groups is 3. The van der Waals surface area contributed by atoms with Crippen LogP contribution in [-0.4, -0.2) is 85.8 Å². The highest BCUT2D eigenvalue weighted by Crippen LogP contribution is 2.14. The predicted molar refractivity (Wildman–Crippen MR) is 99.8 cm³/mol. The average molecular weight is 361 g/mol. The smallest absolute Gasteiger partial charge is 0.250 e. The normalized spacial score (nSPS) is 15.5. The number of anilines is 1. The molecule has 0 aromatic heterocycles. The van der Waals surface area contributed by atoms with E-state index in [0.717, 1.165) is 26.2 Å². The summed E-state index contributed by atoms with van der Waals surface area (Å²) >= 11 is 0. The summed E-state index contributed by atoms with van der Waals surface area (Å²) in [4.78, 5) is 41.2. The third-order valence-corrected chi connectivity index (χ3v) is 4.44. The summed E-state index contributed by atoms with van der Waals surface area (Å²) < 4.78 is 0. The van der Waals surface area contributed by atoms with Crippen molar-refractivity contribution in [3.8, 4) is 0 Å². The Morgan fingerprint density at radius 2 is 1.69 bits per heavy atom. The largest absolute Gasteiger partial charge is 0.366 e. The molecule has 0 atom stereocenters. The number of hydrogen-bond acceptors (Lipinski definition) is 5. The van der Waals surface area contributed by atoms with Gasteiger partial charge in [0.05, 0.1) is 17.8 Å². The molecule has 26 heavy (non-hydrogen) atoms. The van der Waals surface area contributed by atoms with Crippen LogP contribution in [0.1, 0.15) is 16.8 Å². The van der Waals surface area contributed by atoms with E-state index in [0.29, 0.717) is 30.8 Å². The Morgan fingerprint density at radius 3 is 2.31 bits per heavy atom. The molecule has 1 heterocycles. The highest BCUT2D eigenvalue weighted by molar-refractivity contribution is 6.02. The quantitative estimate of drug-likeness (QED) is 0.702. The summed E-state index contributed by atoms with van der Waals surface area (Å²) in [5.41, 5.74) is 6.06. The second kappa shape index (κ2) is 9.30. The van der Waals surface area contributed by atoms with Crippen LogP contribution in [0.5, 0.6) is 0 Å². The number of likely N-dealkylation sites (N-methyl/N-ethyl adjacent to an activating group) is 1. The van der Waals surface area contributed by atoms with Gasteiger partial charge in [0.15, 0.2) is 0 Å². The fourth-order valence-electron chi connectivity index (χ4n) is 2.78. The van der Waals surface area contributed by atoms with Crippen LogP contribution < -0.4 is 11.1 Å². The molecule has 8 nitrogen and oxygen atoms in total. The summed E-state index contributed by atoms with van der Waals surface area (Å²) in [5.74, 6) is -0.612. The number of piperazine rings is 1. The fourth-order valence-corrected chi connectivity index (χ4v) is 2.78. The summed E-state index contributed by atoms with van der Waals surface area (Å²) in [5, 5.41) is 2.75. The molecule has 2 rings (SSSR count). The molecule has 0 bridgehead atoms. The zero-order valence-electron chi connectivity index (χ0n) is 15.4. The first-order valence-electron chi connectivity index (χ1n) is 8.70. The summed E-state index contributed by atoms with van der Waals surface area (Å²) in [6.45, 7) is 4.35. The van der Waals surface area contributed by atoms with Crippen LogP contribution in [0.2, 0.25) is 0 Å². The maximum atomic E-state index is 12.2. The number of nitrogens with zero attached hydrogens (tertiary/aromatic N) is 3. The number of rotatable bonds is 7. The highest BCUT2D eigenvalue weighted by Gasteiger charge is 2.20. The Labute approximate surface area is 153 Å². The molecule has 1 saturated heterocycles. The van der Waals surface area contributed by atoms with Gasteiger partial charge in [-0.15, -0.1) is 0 Å². The van der Waals surface area contributed by atoms with E-state index in [1.54, 1.807) is 43.3 Å². The van der Waals surface area contributed by atoms with Crippen molar-refractivity contribution >= 4 is 23.4 Å². The maximum Gasteiger partial charge on any atom is 0.250 e. The minimum absolute atomic E-state index is 0.103. The van der Waals surface area contributed by atoms with Crippen molar-refractivity contribution in [2.45, 2.75) is 6.42 Å². The number of nitrogens with one attached hydrogen (secondary N) is 1. The van der Waals surface area contributed by atoms with Crippen molar-refractivity contribution in [1.29, 1.82) is 0 Å². The lowest BCUT2D eigenvalue weighted by Gasteiger charge is -2.34. The standard InChI is InChI=1S/C18H27N5O3/c1-21(2)17(25)13-23-11-9-22(10-12-23)8-7-16(24)20-15-6-4-3-5-14(15)18(19)26/h3-6H,7-13H2,1-2H3,(H2,19,26)(H,20,24). The van der Waals surface area contributed by atoms with Gasteiger partial charge in [-0.2, -0.15) is 0 Å². The van der Waals surface area contributed by atoms with Gasteiger partial charge in [0.25, 0.3) is 5.91 Å². The number of para-hydroxylation sites is 1. The van der Waals surface area contributed by atoms with Crippen LogP contribution in [0, 0.1) is 0 Å². The van der Waals surface area contributed by atoms with E-state index in [9.17, 15) is 14.4 Å². The molecular weight excluding hydrogens is 334 g/mol. The van der Waals surface area contributed by atoms with E-state index in [1.807, 2.05) is 0 Å². The third kappa shape index (κ3) is 5.82. The number of amides is 3. The number of benzene rings is 1. The van der Waals surface area contributed by atoms with Crippen LogP contribution in [0.4, 0.5) is 5.69 Å². The molecule has 1 aromatic carbocycles. The van der Waals surface area contributed by atoms with E-state index in [2.05, 4.69) is 15.1 Å². The SMILES string of the molecule is CN(C)C(=O)CN1CCN(CCC(=O)Nc2ccccc2C(N)=O)CC1. The topological polar surface area (TPSA) is 99.0 Å². The Morgan fingerprint density at radius 1 is 1.08 bits per heavy atom. The molecule has 142 valence electrons. The summed E-state index contributed by atoms with van der Waals surface area (Å²) in [7, 11) is 3.52. The van der Waals surface area contributed by atoms with Gasteiger partial charge in [-0.05, 0) is 12.1 Å². The molecule has 1 aliphatic heterocycles. The van der Waals surface area contributed by atoms with E-state index >= 15 is 0 Å². The van der Waals surface area contributed by atoms with Gasteiger partial charge in [-0.3, -0.25) is 19.3 Å². The minimum atomic E-state index is -0.565. The lowest BCUT2D eigenvalue weighted by atomic mass is 10.1. The van der Waals surface area contributed by atoms with Crippen molar-refractivity contribution in [2.24, 2.45) is 5.73 Å². The van der Waals surface area contributed by atoms with Crippen molar-refractivity contribution in [3.05, 3.63) is 29.8 Å². The minimum Gasteiger partial charge on any atom is -0.366 e. The number of hydrogen-bond donors (Lipinski definition) is 2. The van der Waals surface area contributed by atoms with Gasteiger partial charge < -0.3 is 20.9 Å². The Bertz CT molecular complexity index is 654. The van der Waals surface area contributed by atoms with Gasteiger partial charge in [0, 0.05) is 53.2 Å². The molecule has 3 N–H and O–H groups in total. The van der Waals surface area contributed by atoms with Gasteiger partial charge >= 0.3 is 0 Å². The third-order valence-electron chi connectivity index (χ3n) is 4.44. The predicted octanol–water partition coefficient (Wildman–Crippen LogP) is -0.180. The molecule has 1 fully saturated rings. The molecule has 8 heteroatoms. The number of primary amides is 1. The average Bonchev–Trinajstić information content (AvgIpc) is 2.61. The Kier molecular flexibility index (Phi) is 7.11. The molecule has 0 spiro atoms. The summed E-state index contributed by atoms with van der Waals surface area (Å²) in [6, 6.07) is 6.71. The second-order valence-electron chi connectivity index (χ2n) is 6.61. The molecule has 0 unspecified atom stereocenters. The fraction of sp³-hybridized carbons (Fsp3) is 0.500. The van der Waals surface area contributed by atoms with E-state index in [1.165, 1.54) is 0 Å². The van der Waals surface area contributed by atoms with Gasteiger partial charge in [0.2, 0.25) is 11.8 Å². The molecular formula is C18H27N5O3. The van der Waals surface area contributed by atoms with Crippen LogP contribution in [0.25, 0.3) is 0 Å². The lowest BCUT2D eigenvalue weighted by molar-refractivity contribution is -0.130. The van der Waals surface area contributed by atoms with Gasteiger partial charge in [-0.25, -0.2) is 0 Å². The molecule has 1 aromatic rings. The van der Waals surface area contributed by atoms with E-state index < -0.39 is 5.91 Å². The van der Waals surface area contributed by atoms with Crippen molar-refractivity contribution in [2.75, 3.05) is 58.7 Å². The first-order valence-corrected chi connectivity index (χ1v) is 8.70. The zero-order valence-corrected chi connectivity index (χ0v) is 15.4. The molecule has 0 saturated carbocycles. The van der Waals surface area contributed by atoms with Crippen LogP contribution in [0.3, 0.4) is 0 Å². The highest BCUT2D eigenvalue weighted by atomic mass is 16.2.